The molecular weight excluding hydrogens is 168 g/mol. The normalized spacial score (nSPS) is 21.8. The molecule has 0 N–H and O–H groups in total. The quantitative estimate of drug-likeness (QED) is 0.547. The van der Waals surface area contributed by atoms with E-state index in [1.807, 2.05) is 18.2 Å². The highest BCUT2D eigenvalue weighted by atomic mass is 16.2. The summed E-state index contributed by atoms with van der Waals surface area (Å²) < 4.78 is 0. The fourth-order valence-corrected chi connectivity index (χ4v) is 1.46. The van der Waals surface area contributed by atoms with Gasteiger partial charge in [-0.1, -0.05) is 12.2 Å². The molecule has 1 saturated heterocycles. The Labute approximate surface area is 76.1 Å². The van der Waals surface area contributed by atoms with Gasteiger partial charge in [0.15, 0.2) is 0 Å². The third kappa shape index (κ3) is 1.35. The third-order valence-corrected chi connectivity index (χ3v) is 2.08. The third-order valence-electron chi connectivity index (χ3n) is 2.08. The monoisotopic (exact) mass is 178 g/mol. The molecule has 0 aromatic rings. The number of rotatable bonds is 1. The van der Waals surface area contributed by atoms with E-state index in [0.717, 1.165) is 0 Å². The van der Waals surface area contributed by atoms with E-state index in [1.54, 1.807) is 11.2 Å². The predicted molar refractivity (Wildman–Crippen MR) is 46.1 cm³/mol. The van der Waals surface area contributed by atoms with Crippen molar-refractivity contribution in [1.29, 1.82) is 0 Å². The van der Waals surface area contributed by atoms with Crippen LogP contribution in [0.3, 0.4) is 0 Å². The molecular formula is C9H10N2O2. The van der Waals surface area contributed by atoms with Crippen molar-refractivity contribution in [3.05, 3.63) is 24.4 Å². The Hall–Kier alpha value is -1.58. The molecule has 4 heteroatoms. The van der Waals surface area contributed by atoms with Crippen molar-refractivity contribution in [2.45, 2.75) is 12.8 Å². The number of hydrogen-bond donors (Lipinski definition) is 0. The molecule has 0 spiro atoms. The highest BCUT2D eigenvalue weighted by molar-refractivity contribution is 6.01. The number of hydrogen-bond acceptors (Lipinski definition) is 3. The number of amides is 2. The molecule has 0 radical (unpaired) electrons. The molecule has 0 aromatic heterocycles. The maximum Gasteiger partial charge on any atom is 0.248 e. The lowest BCUT2D eigenvalue weighted by molar-refractivity contribution is -0.152. The maximum absolute atomic E-state index is 11.3. The van der Waals surface area contributed by atoms with Crippen molar-refractivity contribution in [3.63, 3.8) is 0 Å². The van der Waals surface area contributed by atoms with E-state index in [9.17, 15) is 9.59 Å². The average Bonchev–Trinajstić information content (AvgIpc) is 2.48. The zero-order valence-electron chi connectivity index (χ0n) is 7.14. The fraction of sp³-hybridized carbons (Fsp3) is 0.333. The van der Waals surface area contributed by atoms with Gasteiger partial charge in [0.2, 0.25) is 11.8 Å². The van der Waals surface area contributed by atoms with Gasteiger partial charge in [-0.05, 0) is 6.08 Å². The number of nitrogens with zero attached hydrogens (tertiary/aromatic N) is 2. The smallest absolute Gasteiger partial charge is 0.248 e. The summed E-state index contributed by atoms with van der Waals surface area (Å²) in [4.78, 5) is 22.6. The summed E-state index contributed by atoms with van der Waals surface area (Å²) in [5.41, 5.74) is 0. The van der Waals surface area contributed by atoms with E-state index < -0.39 is 0 Å². The zero-order valence-corrected chi connectivity index (χ0v) is 7.14. The van der Waals surface area contributed by atoms with Gasteiger partial charge in [0.05, 0.1) is 6.54 Å². The number of imide groups is 1. The summed E-state index contributed by atoms with van der Waals surface area (Å²) in [6.45, 7) is 0.591. The van der Waals surface area contributed by atoms with E-state index in [-0.39, 0.29) is 11.8 Å². The average molecular weight is 178 g/mol. The molecule has 2 aliphatic heterocycles. The first kappa shape index (κ1) is 8.04. The van der Waals surface area contributed by atoms with E-state index in [2.05, 4.69) is 0 Å². The zero-order chi connectivity index (χ0) is 9.26. The molecule has 2 heterocycles. The molecule has 0 aliphatic carbocycles. The van der Waals surface area contributed by atoms with Gasteiger partial charge >= 0.3 is 0 Å². The van der Waals surface area contributed by atoms with Crippen LogP contribution in [-0.2, 0) is 9.59 Å². The van der Waals surface area contributed by atoms with E-state index in [1.165, 1.54) is 5.01 Å². The van der Waals surface area contributed by atoms with Crippen molar-refractivity contribution >= 4 is 11.8 Å². The van der Waals surface area contributed by atoms with E-state index in [0.29, 0.717) is 19.4 Å². The Morgan fingerprint density at radius 1 is 1.08 bits per heavy atom. The summed E-state index contributed by atoms with van der Waals surface area (Å²) in [7, 11) is 0. The minimum absolute atomic E-state index is 0.107. The summed E-state index contributed by atoms with van der Waals surface area (Å²) in [5.74, 6) is -0.213. The summed E-state index contributed by atoms with van der Waals surface area (Å²) in [6, 6.07) is 0. The van der Waals surface area contributed by atoms with Crippen molar-refractivity contribution < 1.29 is 9.59 Å². The second-order valence-corrected chi connectivity index (χ2v) is 2.99. The van der Waals surface area contributed by atoms with Gasteiger partial charge in [0, 0.05) is 19.0 Å². The molecule has 2 aliphatic rings. The number of allylic oxidation sites excluding steroid dienone is 2. The Morgan fingerprint density at radius 2 is 1.77 bits per heavy atom. The summed E-state index contributed by atoms with van der Waals surface area (Å²) in [6.07, 6.45) is 8.02. The Kier molecular flexibility index (Phi) is 1.88. The molecule has 4 nitrogen and oxygen atoms in total. The van der Waals surface area contributed by atoms with E-state index >= 15 is 0 Å². The number of carbonyl (C=O) groups is 2. The second-order valence-electron chi connectivity index (χ2n) is 2.99. The number of carbonyl (C=O) groups excluding carboxylic acids is 2. The largest absolute Gasteiger partial charge is 0.279 e. The first-order valence-electron chi connectivity index (χ1n) is 4.25. The molecule has 0 saturated carbocycles. The minimum Gasteiger partial charge on any atom is -0.279 e. The minimum atomic E-state index is -0.107. The molecule has 1 fully saturated rings. The Balaban J connectivity index is 2.15. The Morgan fingerprint density at radius 3 is 2.31 bits per heavy atom. The van der Waals surface area contributed by atoms with Crippen LogP contribution in [0.15, 0.2) is 24.4 Å². The van der Waals surface area contributed by atoms with Crippen LogP contribution in [0.4, 0.5) is 0 Å². The van der Waals surface area contributed by atoms with Crippen LogP contribution in [0.2, 0.25) is 0 Å². The molecule has 0 atom stereocenters. The standard InChI is InChI=1S/C9H10N2O2/c12-8-4-5-9(13)11(8)10-6-2-1-3-7-10/h1-3,6H,4-5,7H2. The first-order chi connectivity index (χ1) is 6.29. The van der Waals surface area contributed by atoms with Gasteiger partial charge in [-0.2, -0.15) is 5.01 Å². The van der Waals surface area contributed by atoms with Crippen molar-refractivity contribution in [2.24, 2.45) is 0 Å². The molecule has 2 amide bonds. The molecule has 2 rings (SSSR count). The van der Waals surface area contributed by atoms with Crippen LogP contribution in [0.5, 0.6) is 0 Å². The fourth-order valence-electron chi connectivity index (χ4n) is 1.46. The summed E-state index contributed by atoms with van der Waals surface area (Å²) in [5, 5.41) is 2.86. The van der Waals surface area contributed by atoms with Crippen LogP contribution in [-0.4, -0.2) is 28.4 Å². The molecule has 0 unspecified atom stereocenters. The predicted octanol–water partition coefficient (Wildman–Crippen LogP) is 0.436. The van der Waals surface area contributed by atoms with Gasteiger partial charge in [0.1, 0.15) is 0 Å². The second kappa shape index (κ2) is 3.05. The molecule has 68 valence electrons. The maximum atomic E-state index is 11.3. The highest BCUT2D eigenvalue weighted by Gasteiger charge is 2.32. The van der Waals surface area contributed by atoms with Gasteiger partial charge in [-0.15, -0.1) is 0 Å². The topological polar surface area (TPSA) is 40.6 Å². The molecule has 0 aromatic carbocycles. The van der Waals surface area contributed by atoms with Gasteiger partial charge < -0.3 is 0 Å². The summed E-state index contributed by atoms with van der Waals surface area (Å²) >= 11 is 0. The first-order valence-corrected chi connectivity index (χ1v) is 4.25. The van der Waals surface area contributed by atoms with Crippen LogP contribution >= 0.6 is 0 Å². The van der Waals surface area contributed by atoms with Crippen LogP contribution in [0.1, 0.15) is 12.8 Å². The van der Waals surface area contributed by atoms with Crippen LogP contribution in [0, 0.1) is 0 Å². The van der Waals surface area contributed by atoms with Gasteiger partial charge in [-0.3, -0.25) is 14.6 Å². The number of hydrazine groups is 1. The van der Waals surface area contributed by atoms with E-state index in [4.69, 9.17) is 0 Å². The lowest BCUT2D eigenvalue weighted by atomic mass is 10.4. The van der Waals surface area contributed by atoms with Gasteiger partial charge in [0.25, 0.3) is 0 Å². The Bertz CT molecular complexity index is 291. The van der Waals surface area contributed by atoms with Crippen molar-refractivity contribution in [2.75, 3.05) is 6.54 Å². The highest BCUT2D eigenvalue weighted by Crippen LogP contribution is 2.16. The lowest BCUT2D eigenvalue weighted by Gasteiger charge is -2.28. The van der Waals surface area contributed by atoms with Crippen LogP contribution < -0.4 is 0 Å². The van der Waals surface area contributed by atoms with Gasteiger partial charge in [-0.25, -0.2) is 0 Å². The lowest BCUT2D eigenvalue weighted by Crippen LogP contribution is -2.43. The van der Waals surface area contributed by atoms with Crippen molar-refractivity contribution in [3.8, 4) is 0 Å². The SMILES string of the molecule is O=C1CCC(=O)N1N1C=CC=CC1. The molecule has 13 heavy (non-hydrogen) atoms. The van der Waals surface area contributed by atoms with Crippen LogP contribution in [0.25, 0.3) is 0 Å². The van der Waals surface area contributed by atoms with Crippen molar-refractivity contribution in [1.82, 2.24) is 10.0 Å². The molecule has 0 bridgehead atoms.